The third-order valence-corrected chi connectivity index (χ3v) is 3.33. The van der Waals surface area contributed by atoms with Crippen LogP contribution in [0.1, 0.15) is 26.2 Å². The van der Waals surface area contributed by atoms with Crippen LogP contribution in [0.25, 0.3) is 0 Å². The van der Waals surface area contributed by atoms with Gasteiger partial charge in [-0.1, -0.05) is 0 Å². The van der Waals surface area contributed by atoms with E-state index in [0.29, 0.717) is 6.61 Å². The van der Waals surface area contributed by atoms with Gasteiger partial charge in [-0.2, -0.15) is 17.0 Å². The highest BCUT2D eigenvalue weighted by atomic mass is 32.2. The van der Waals surface area contributed by atoms with Gasteiger partial charge in [-0.15, -0.1) is 0 Å². The Bertz CT molecular complexity index is 294. The minimum atomic E-state index is -0.457. The third-order valence-electron chi connectivity index (χ3n) is 2.26. The van der Waals surface area contributed by atoms with E-state index in [4.69, 9.17) is 10.00 Å². The van der Waals surface area contributed by atoms with Crippen molar-refractivity contribution in [1.82, 2.24) is 0 Å². The minimum absolute atomic E-state index is 0.236. The lowest BCUT2D eigenvalue weighted by atomic mass is 10.0. The molecule has 0 amide bonds. The van der Waals surface area contributed by atoms with E-state index in [0.717, 1.165) is 36.3 Å². The first-order valence-corrected chi connectivity index (χ1v) is 6.32. The lowest BCUT2D eigenvalue weighted by Gasteiger charge is -2.06. The van der Waals surface area contributed by atoms with Gasteiger partial charge in [-0.05, 0) is 43.3 Å². The lowest BCUT2D eigenvalue weighted by Crippen LogP contribution is -2.09. The Morgan fingerprint density at radius 2 is 2.33 bits per heavy atom. The highest BCUT2D eigenvalue weighted by Gasteiger charge is 2.17. The van der Waals surface area contributed by atoms with Crippen LogP contribution >= 0.6 is 11.8 Å². The average Bonchev–Trinajstić information content (AvgIpc) is 2.48. The summed E-state index contributed by atoms with van der Waals surface area (Å²) in [6.07, 6.45) is 2.74. The molecule has 0 unspecified atom stereocenters. The number of thioether (sulfide) groups is 1. The van der Waals surface area contributed by atoms with Crippen LogP contribution in [0.15, 0.2) is 11.1 Å². The van der Waals surface area contributed by atoms with Gasteiger partial charge in [0.2, 0.25) is 0 Å². The fourth-order valence-electron chi connectivity index (χ4n) is 1.53. The molecule has 4 heteroatoms. The van der Waals surface area contributed by atoms with E-state index in [1.807, 2.05) is 17.8 Å². The van der Waals surface area contributed by atoms with Crippen molar-refractivity contribution < 1.29 is 9.53 Å². The monoisotopic (exact) mass is 225 g/mol. The van der Waals surface area contributed by atoms with Crippen molar-refractivity contribution in [3.8, 4) is 6.07 Å². The highest BCUT2D eigenvalue weighted by Crippen LogP contribution is 2.24. The van der Waals surface area contributed by atoms with Crippen LogP contribution in [0.3, 0.4) is 0 Å². The number of ether oxygens (including phenoxy) is 1. The van der Waals surface area contributed by atoms with Crippen molar-refractivity contribution in [3.63, 3.8) is 0 Å². The first-order valence-electron chi connectivity index (χ1n) is 5.16. The van der Waals surface area contributed by atoms with Crippen LogP contribution in [0, 0.1) is 11.3 Å². The molecule has 82 valence electrons. The summed E-state index contributed by atoms with van der Waals surface area (Å²) in [5.74, 6) is 1.66. The van der Waals surface area contributed by atoms with E-state index in [-0.39, 0.29) is 5.57 Å². The molecule has 0 aliphatic carbocycles. The van der Waals surface area contributed by atoms with Crippen molar-refractivity contribution >= 4 is 17.7 Å². The van der Waals surface area contributed by atoms with Crippen molar-refractivity contribution in [2.45, 2.75) is 26.2 Å². The molecule has 1 aliphatic rings. The predicted molar refractivity (Wildman–Crippen MR) is 60.4 cm³/mol. The maximum Gasteiger partial charge on any atom is 0.348 e. The topological polar surface area (TPSA) is 50.1 Å². The molecule has 0 atom stereocenters. The fraction of sp³-hybridized carbons (Fsp3) is 0.636. The molecule has 0 aromatic carbocycles. The molecule has 0 radical (unpaired) electrons. The summed E-state index contributed by atoms with van der Waals surface area (Å²) in [7, 11) is 0. The number of esters is 1. The zero-order valence-corrected chi connectivity index (χ0v) is 9.73. The van der Waals surface area contributed by atoms with Crippen molar-refractivity contribution in [2.75, 3.05) is 18.1 Å². The van der Waals surface area contributed by atoms with Gasteiger partial charge in [0, 0.05) is 0 Å². The van der Waals surface area contributed by atoms with Gasteiger partial charge in [0.1, 0.15) is 11.6 Å². The quantitative estimate of drug-likeness (QED) is 0.411. The molecule has 3 nitrogen and oxygen atoms in total. The lowest BCUT2D eigenvalue weighted by molar-refractivity contribution is -0.138. The van der Waals surface area contributed by atoms with E-state index in [1.54, 1.807) is 6.92 Å². The maximum absolute atomic E-state index is 11.5. The van der Waals surface area contributed by atoms with Crippen LogP contribution in [0.4, 0.5) is 0 Å². The Balaban J connectivity index is 2.81. The molecule has 0 aromatic rings. The molecule has 0 spiro atoms. The number of carbonyl (C=O) groups excluding carboxylic acids is 1. The first kappa shape index (κ1) is 12.1. The van der Waals surface area contributed by atoms with Crippen LogP contribution < -0.4 is 0 Å². The molecule has 0 N–H and O–H groups in total. The van der Waals surface area contributed by atoms with Crippen LogP contribution in [-0.2, 0) is 9.53 Å². The highest BCUT2D eigenvalue weighted by molar-refractivity contribution is 7.99. The van der Waals surface area contributed by atoms with Gasteiger partial charge in [0.25, 0.3) is 0 Å². The zero-order chi connectivity index (χ0) is 11.1. The largest absolute Gasteiger partial charge is 0.462 e. The van der Waals surface area contributed by atoms with E-state index >= 15 is 0 Å². The molecular formula is C11H15NO2S. The molecule has 1 rings (SSSR count). The molecule has 0 bridgehead atoms. The first-order chi connectivity index (χ1) is 7.29. The molecule has 1 aliphatic heterocycles. The zero-order valence-electron chi connectivity index (χ0n) is 8.91. The second kappa shape index (κ2) is 6.52. The summed E-state index contributed by atoms with van der Waals surface area (Å²) in [6.45, 7) is 2.08. The minimum Gasteiger partial charge on any atom is -0.462 e. The standard InChI is InChI=1S/C11H15NO2S/c1-2-14-11(13)10(8-12)9-4-3-6-15-7-5-9/h2-7H2,1H3/b10-9-. The summed E-state index contributed by atoms with van der Waals surface area (Å²) in [4.78, 5) is 11.5. The van der Waals surface area contributed by atoms with E-state index < -0.39 is 5.97 Å². The summed E-state index contributed by atoms with van der Waals surface area (Å²) in [5.41, 5.74) is 1.21. The van der Waals surface area contributed by atoms with E-state index in [9.17, 15) is 4.79 Å². The summed E-state index contributed by atoms with van der Waals surface area (Å²) in [5, 5.41) is 8.95. The number of rotatable bonds is 2. The molecule has 1 heterocycles. The Morgan fingerprint density at radius 3 is 3.00 bits per heavy atom. The number of hydrogen-bond donors (Lipinski definition) is 0. The van der Waals surface area contributed by atoms with E-state index in [2.05, 4.69) is 0 Å². The van der Waals surface area contributed by atoms with Crippen LogP contribution in [-0.4, -0.2) is 24.1 Å². The van der Waals surface area contributed by atoms with Gasteiger partial charge < -0.3 is 4.74 Å². The second-order valence-electron chi connectivity index (χ2n) is 3.28. The molecule has 15 heavy (non-hydrogen) atoms. The van der Waals surface area contributed by atoms with Gasteiger partial charge in [-0.3, -0.25) is 0 Å². The molecule has 1 saturated heterocycles. The molecule has 0 aromatic heterocycles. The Morgan fingerprint density at radius 1 is 1.53 bits per heavy atom. The Kier molecular flexibility index (Phi) is 5.27. The third kappa shape index (κ3) is 3.60. The smallest absolute Gasteiger partial charge is 0.348 e. The Labute approximate surface area is 94.5 Å². The fourth-order valence-corrected chi connectivity index (χ4v) is 2.48. The number of allylic oxidation sites excluding steroid dienone is 1. The predicted octanol–water partition coefficient (Wildman–Crippen LogP) is 2.29. The van der Waals surface area contributed by atoms with Crippen molar-refractivity contribution in [1.29, 1.82) is 5.26 Å². The molecule has 1 fully saturated rings. The number of nitriles is 1. The van der Waals surface area contributed by atoms with Crippen molar-refractivity contribution in [3.05, 3.63) is 11.1 Å². The average molecular weight is 225 g/mol. The molecular weight excluding hydrogens is 210 g/mol. The van der Waals surface area contributed by atoms with Crippen LogP contribution in [0.2, 0.25) is 0 Å². The van der Waals surface area contributed by atoms with Gasteiger partial charge in [0.05, 0.1) is 6.61 Å². The Hall–Kier alpha value is -0.950. The van der Waals surface area contributed by atoms with Crippen LogP contribution in [0.5, 0.6) is 0 Å². The number of nitrogens with zero attached hydrogens (tertiary/aromatic N) is 1. The molecule has 0 saturated carbocycles. The summed E-state index contributed by atoms with van der Waals surface area (Å²) in [6, 6.07) is 1.98. The summed E-state index contributed by atoms with van der Waals surface area (Å²) < 4.78 is 4.86. The number of carbonyl (C=O) groups is 1. The summed E-state index contributed by atoms with van der Waals surface area (Å²) >= 11 is 1.88. The normalized spacial score (nSPS) is 20.0. The van der Waals surface area contributed by atoms with Gasteiger partial charge in [0.15, 0.2) is 0 Å². The SMILES string of the molecule is CCOC(=O)/C(C#N)=C1/CCCSCC1. The second-order valence-corrected chi connectivity index (χ2v) is 4.50. The van der Waals surface area contributed by atoms with Crippen molar-refractivity contribution in [2.24, 2.45) is 0 Å². The van der Waals surface area contributed by atoms with Gasteiger partial charge in [-0.25, -0.2) is 4.79 Å². The number of hydrogen-bond acceptors (Lipinski definition) is 4. The van der Waals surface area contributed by atoms with E-state index in [1.165, 1.54) is 0 Å². The van der Waals surface area contributed by atoms with Gasteiger partial charge >= 0.3 is 5.97 Å². The maximum atomic E-state index is 11.5.